The number of nitrogens with one attached hydrogen (secondary N) is 1. The maximum atomic E-state index is 12.9. The summed E-state index contributed by atoms with van der Waals surface area (Å²) in [7, 11) is 0. The van der Waals surface area contributed by atoms with Crippen LogP contribution in [0.3, 0.4) is 0 Å². The van der Waals surface area contributed by atoms with Crippen LogP contribution < -0.4 is 5.56 Å². The van der Waals surface area contributed by atoms with Crippen LogP contribution in [0, 0.1) is 5.41 Å². The lowest BCUT2D eigenvalue weighted by molar-refractivity contribution is 0.0754. The van der Waals surface area contributed by atoms with Crippen LogP contribution >= 0.6 is 11.8 Å². The molecule has 1 aliphatic heterocycles. The van der Waals surface area contributed by atoms with Crippen molar-refractivity contribution in [3.05, 3.63) is 33.2 Å². The summed E-state index contributed by atoms with van der Waals surface area (Å²) in [6.45, 7) is 6.78. The van der Waals surface area contributed by atoms with Crippen LogP contribution in [0.25, 0.3) is 0 Å². The van der Waals surface area contributed by atoms with Crippen LogP contribution in [0.5, 0.6) is 0 Å². The van der Waals surface area contributed by atoms with Gasteiger partial charge in [0.25, 0.3) is 11.5 Å². The van der Waals surface area contributed by atoms with E-state index in [9.17, 15) is 14.4 Å². The standard InChI is InChI=1S/C18H24N2O3S/c1-4-5-15-20(6-7-24-15)17(23)12-8-11-13(19-16(12)22)9-18(2,3)10-14(11)21/h8,15H,4-7,9-10H2,1-3H3,(H,19,22)/t15-/m1/s1. The number of amides is 1. The van der Waals surface area contributed by atoms with Crippen molar-refractivity contribution in [1.82, 2.24) is 9.88 Å². The lowest BCUT2D eigenvalue weighted by Gasteiger charge is -2.30. The van der Waals surface area contributed by atoms with Gasteiger partial charge in [-0.25, -0.2) is 0 Å². The minimum atomic E-state index is -0.378. The number of ketones is 1. The molecule has 1 fully saturated rings. The van der Waals surface area contributed by atoms with Crippen LogP contribution in [-0.4, -0.2) is 39.2 Å². The van der Waals surface area contributed by atoms with Gasteiger partial charge in [0.05, 0.1) is 5.37 Å². The summed E-state index contributed by atoms with van der Waals surface area (Å²) in [5, 5.41) is 0.132. The van der Waals surface area contributed by atoms with Gasteiger partial charge in [0, 0.05) is 30.0 Å². The number of nitrogens with zero attached hydrogens (tertiary/aromatic N) is 1. The second-order valence-electron chi connectivity index (χ2n) is 7.46. The van der Waals surface area contributed by atoms with Crippen LogP contribution in [0.15, 0.2) is 10.9 Å². The van der Waals surface area contributed by atoms with Crippen molar-refractivity contribution in [2.24, 2.45) is 5.41 Å². The van der Waals surface area contributed by atoms with E-state index in [-0.39, 0.29) is 33.6 Å². The number of hydrogen-bond acceptors (Lipinski definition) is 4. The number of Topliss-reactive ketones (excluding diaryl/α,β-unsaturated/α-hetero) is 1. The van der Waals surface area contributed by atoms with Crippen molar-refractivity contribution in [1.29, 1.82) is 0 Å². The van der Waals surface area contributed by atoms with Gasteiger partial charge in [-0.15, -0.1) is 11.8 Å². The fourth-order valence-corrected chi connectivity index (χ4v) is 4.94. The maximum Gasteiger partial charge on any atom is 0.261 e. The van der Waals surface area contributed by atoms with Crippen LogP contribution in [0.1, 0.15) is 66.4 Å². The number of carbonyl (C=O) groups excluding carboxylic acids is 2. The second-order valence-corrected chi connectivity index (χ2v) is 8.74. The Morgan fingerprint density at radius 1 is 1.38 bits per heavy atom. The van der Waals surface area contributed by atoms with Crippen LogP contribution in [0.2, 0.25) is 0 Å². The number of thioether (sulfide) groups is 1. The van der Waals surface area contributed by atoms with Crippen LogP contribution in [0.4, 0.5) is 0 Å². The summed E-state index contributed by atoms with van der Waals surface area (Å²) in [6.07, 6.45) is 3.01. The van der Waals surface area contributed by atoms with E-state index in [1.165, 1.54) is 6.07 Å². The molecule has 5 nitrogen and oxygen atoms in total. The zero-order valence-corrected chi connectivity index (χ0v) is 15.3. The molecule has 1 aromatic rings. The molecule has 0 radical (unpaired) electrons. The van der Waals surface area contributed by atoms with Gasteiger partial charge < -0.3 is 9.88 Å². The Balaban J connectivity index is 1.95. The summed E-state index contributed by atoms with van der Waals surface area (Å²) in [5.74, 6) is 0.652. The summed E-state index contributed by atoms with van der Waals surface area (Å²) in [5.41, 5.74) is 0.743. The zero-order chi connectivity index (χ0) is 17.5. The molecule has 6 heteroatoms. The molecule has 130 valence electrons. The van der Waals surface area contributed by atoms with E-state index in [0.29, 0.717) is 30.6 Å². The van der Waals surface area contributed by atoms with E-state index < -0.39 is 0 Å². The van der Waals surface area contributed by atoms with Gasteiger partial charge in [-0.2, -0.15) is 0 Å². The highest BCUT2D eigenvalue weighted by Crippen LogP contribution is 2.34. The Hall–Kier alpha value is -1.56. The maximum absolute atomic E-state index is 12.9. The highest BCUT2D eigenvalue weighted by Gasteiger charge is 2.35. The first-order chi connectivity index (χ1) is 11.3. The van der Waals surface area contributed by atoms with Crippen molar-refractivity contribution in [3.8, 4) is 0 Å². The van der Waals surface area contributed by atoms with Crippen molar-refractivity contribution in [2.75, 3.05) is 12.3 Å². The van der Waals surface area contributed by atoms with Crippen molar-refractivity contribution in [3.63, 3.8) is 0 Å². The minimum Gasteiger partial charge on any atom is -0.326 e. The molecule has 1 atom stereocenters. The van der Waals surface area contributed by atoms with Gasteiger partial charge in [0.1, 0.15) is 5.56 Å². The molecule has 3 rings (SSSR count). The molecule has 0 unspecified atom stereocenters. The number of rotatable bonds is 3. The predicted molar refractivity (Wildman–Crippen MR) is 95.7 cm³/mol. The van der Waals surface area contributed by atoms with E-state index in [2.05, 4.69) is 11.9 Å². The Kier molecular flexibility index (Phi) is 4.60. The smallest absolute Gasteiger partial charge is 0.261 e. The molecular weight excluding hydrogens is 324 g/mol. The topological polar surface area (TPSA) is 70.2 Å². The van der Waals surface area contributed by atoms with Gasteiger partial charge in [-0.1, -0.05) is 27.2 Å². The monoisotopic (exact) mass is 348 g/mol. The van der Waals surface area contributed by atoms with Crippen molar-refractivity contribution >= 4 is 23.5 Å². The third-order valence-corrected chi connectivity index (χ3v) is 6.03. The Bertz CT molecular complexity index is 738. The van der Waals surface area contributed by atoms with E-state index in [1.807, 2.05) is 13.8 Å². The van der Waals surface area contributed by atoms with E-state index in [4.69, 9.17) is 0 Å². The Morgan fingerprint density at radius 3 is 2.83 bits per heavy atom. The number of fused-ring (bicyclic) bond motifs is 1. The van der Waals surface area contributed by atoms with Gasteiger partial charge in [0.2, 0.25) is 0 Å². The molecule has 1 amide bonds. The zero-order valence-electron chi connectivity index (χ0n) is 14.5. The van der Waals surface area contributed by atoms with Crippen LogP contribution in [-0.2, 0) is 6.42 Å². The van der Waals surface area contributed by atoms with Crippen molar-refractivity contribution < 1.29 is 9.59 Å². The average molecular weight is 348 g/mol. The van der Waals surface area contributed by atoms with Crippen molar-refractivity contribution in [2.45, 2.75) is 51.8 Å². The normalized spacial score (nSPS) is 22.5. The molecule has 24 heavy (non-hydrogen) atoms. The first kappa shape index (κ1) is 17.3. The number of hydrogen-bond donors (Lipinski definition) is 1. The quantitative estimate of drug-likeness (QED) is 0.912. The second kappa shape index (κ2) is 6.39. The minimum absolute atomic E-state index is 0.00690. The Morgan fingerprint density at radius 2 is 2.12 bits per heavy atom. The fraction of sp³-hybridized carbons (Fsp3) is 0.611. The molecule has 2 aliphatic rings. The molecule has 0 spiro atoms. The Labute approximate surface area is 146 Å². The third-order valence-electron chi connectivity index (χ3n) is 4.73. The molecule has 2 heterocycles. The molecule has 0 aromatic carbocycles. The SMILES string of the molecule is CCC[C@H]1SCCN1C(=O)c1cc2c([nH]c1=O)CC(C)(C)CC2=O. The largest absolute Gasteiger partial charge is 0.326 e. The molecular formula is C18H24N2O3S. The number of aromatic nitrogens is 1. The summed E-state index contributed by atoms with van der Waals surface area (Å²) in [4.78, 5) is 42.3. The molecule has 1 aromatic heterocycles. The fourth-order valence-electron chi connectivity index (χ4n) is 3.58. The lowest BCUT2D eigenvalue weighted by Crippen LogP contribution is -2.39. The predicted octanol–water partition coefficient (Wildman–Crippen LogP) is 2.85. The summed E-state index contributed by atoms with van der Waals surface area (Å²) in [6, 6.07) is 1.53. The summed E-state index contributed by atoms with van der Waals surface area (Å²) >= 11 is 1.76. The van der Waals surface area contributed by atoms with E-state index in [1.54, 1.807) is 16.7 Å². The van der Waals surface area contributed by atoms with E-state index >= 15 is 0 Å². The molecule has 0 saturated carbocycles. The lowest BCUT2D eigenvalue weighted by atomic mass is 9.75. The van der Waals surface area contributed by atoms with Gasteiger partial charge in [-0.05, 0) is 24.3 Å². The number of aromatic amines is 1. The third kappa shape index (κ3) is 3.16. The molecule has 1 N–H and O–H groups in total. The van der Waals surface area contributed by atoms with E-state index in [0.717, 1.165) is 18.6 Å². The van der Waals surface area contributed by atoms with Gasteiger partial charge in [-0.3, -0.25) is 14.4 Å². The molecule has 1 saturated heterocycles. The molecule has 0 bridgehead atoms. The average Bonchev–Trinajstić information content (AvgIpc) is 2.93. The first-order valence-electron chi connectivity index (χ1n) is 8.54. The summed E-state index contributed by atoms with van der Waals surface area (Å²) < 4.78 is 0. The first-order valence-corrected chi connectivity index (χ1v) is 9.59. The molecule has 1 aliphatic carbocycles. The number of H-pyrrole nitrogens is 1. The number of carbonyl (C=O) groups is 2. The van der Waals surface area contributed by atoms with Gasteiger partial charge in [0.15, 0.2) is 5.78 Å². The van der Waals surface area contributed by atoms with Gasteiger partial charge >= 0.3 is 0 Å². The number of pyridine rings is 1. The highest BCUT2D eigenvalue weighted by molar-refractivity contribution is 8.00. The highest BCUT2D eigenvalue weighted by atomic mass is 32.2.